The molecule has 1 aromatic heterocycles. The minimum atomic E-state index is -0.779. The number of carbonyl (C=O) groups is 2. The first-order chi connectivity index (χ1) is 11.1. The molecule has 1 aromatic rings. The van der Waals surface area contributed by atoms with Crippen molar-refractivity contribution in [2.45, 2.75) is 33.7 Å². The zero-order valence-electron chi connectivity index (χ0n) is 14.4. The van der Waals surface area contributed by atoms with Crippen LogP contribution in [-0.2, 0) is 23.1 Å². The van der Waals surface area contributed by atoms with Crippen LogP contribution in [0.1, 0.15) is 37.6 Å². The highest BCUT2D eigenvalue weighted by molar-refractivity contribution is 6.01. The van der Waals surface area contributed by atoms with Gasteiger partial charge in [0.05, 0.1) is 5.92 Å². The Kier molecular flexibility index (Phi) is 4.96. The van der Waals surface area contributed by atoms with E-state index in [4.69, 9.17) is 10.5 Å². The van der Waals surface area contributed by atoms with E-state index < -0.39 is 29.6 Å². The smallest absolute Gasteiger partial charge is 0.332 e. The number of ketones is 1. The molecule has 0 radical (unpaired) electrons. The van der Waals surface area contributed by atoms with Crippen molar-refractivity contribution in [2.24, 2.45) is 24.8 Å². The second-order valence-corrected chi connectivity index (χ2v) is 6.76. The molecule has 2 rings (SSSR count). The van der Waals surface area contributed by atoms with Crippen molar-refractivity contribution < 1.29 is 14.3 Å². The molecule has 0 unspecified atom stereocenters. The van der Waals surface area contributed by atoms with E-state index in [-0.39, 0.29) is 35.7 Å². The summed E-state index contributed by atoms with van der Waals surface area (Å²) in [5, 5.41) is 0. The molecule has 0 bridgehead atoms. The van der Waals surface area contributed by atoms with E-state index >= 15 is 0 Å². The molecule has 2 N–H and O–H groups in total. The maximum absolute atomic E-state index is 12.3. The number of carbonyl (C=O) groups excluding carboxylic acids is 2. The average Bonchev–Trinajstić information content (AvgIpc) is 3.24. The summed E-state index contributed by atoms with van der Waals surface area (Å²) in [6.07, 6.45) is 0.746. The molecule has 1 fully saturated rings. The summed E-state index contributed by atoms with van der Waals surface area (Å²) in [4.78, 5) is 48.5. The van der Waals surface area contributed by atoms with Gasteiger partial charge in [0.2, 0.25) is 5.78 Å². The third-order valence-corrected chi connectivity index (χ3v) is 4.17. The summed E-state index contributed by atoms with van der Waals surface area (Å²) < 4.78 is 7.02. The van der Waals surface area contributed by atoms with E-state index in [9.17, 15) is 19.2 Å². The van der Waals surface area contributed by atoms with E-state index in [1.807, 2.05) is 20.8 Å². The van der Waals surface area contributed by atoms with Crippen LogP contribution in [0.4, 0.5) is 5.82 Å². The first kappa shape index (κ1) is 18.0. The molecule has 0 aromatic carbocycles. The molecule has 8 heteroatoms. The highest BCUT2D eigenvalue weighted by Crippen LogP contribution is 2.38. The van der Waals surface area contributed by atoms with Gasteiger partial charge in [-0.25, -0.2) is 4.79 Å². The number of nitrogens with two attached hydrogens (primary N) is 1. The molecular weight excluding hydrogens is 314 g/mol. The highest BCUT2D eigenvalue weighted by Gasteiger charge is 2.40. The van der Waals surface area contributed by atoms with Crippen molar-refractivity contribution >= 4 is 17.6 Å². The lowest BCUT2D eigenvalue weighted by atomic mass is 10.1. The molecule has 0 aliphatic heterocycles. The van der Waals surface area contributed by atoms with E-state index in [1.54, 1.807) is 0 Å². The summed E-state index contributed by atoms with van der Waals surface area (Å²) in [6.45, 7) is 5.41. The van der Waals surface area contributed by atoms with Crippen molar-refractivity contribution in [2.75, 3.05) is 12.3 Å². The zero-order valence-corrected chi connectivity index (χ0v) is 14.4. The first-order valence-corrected chi connectivity index (χ1v) is 7.94. The number of hydrogen-bond donors (Lipinski definition) is 1. The van der Waals surface area contributed by atoms with Crippen LogP contribution in [0.15, 0.2) is 9.59 Å². The summed E-state index contributed by atoms with van der Waals surface area (Å²) in [5.74, 6) is -1.14. The SMILES string of the molecule is CC(C)Cn1c(N)c(C(=O)COC(=O)[C@@H]2C[C@H]2C)c(=O)n(C)c1=O. The first-order valence-electron chi connectivity index (χ1n) is 7.94. The monoisotopic (exact) mass is 337 g/mol. The molecule has 0 amide bonds. The van der Waals surface area contributed by atoms with Crippen LogP contribution in [0, 0.1) is 17.8 Å². The van der Waals surface area contributed by atoms with Crippen molar-refractivity contribution in [1.29, 1.82) is 0 Å². The molecular formula is C16H23N3O5. The Labute approximate surface area is 139 Å². The van der Waals surface area contributed by atoms with Crippen LogP contribution in [0.2, 0.25) is 0 Å². The molecule has 1 heterocycles. The van der Waals surface area contributed by atoms with Gasteiger partial charge < -0.3 is 10.5 Å². The molecule has 1 saturated carbocycles. The van der Waals surface area contributed by atoms with Gasteiger partial charge in [-0.05, 0) is 18.3 Å². The Morgan fingerprint density at radius 3 is 2.42 bits per heavy atom. The Morgan fingerprint density at radius 1 is 1.33 bits per heavy atom. The van der Waals surface area contributed by atoms with Crippen LogP contribution >= 0.6 is 0 Å². The number of aromatic nitrogens is 2. The molecule has 1 aliphatic carbocycles. The number of nitrogen functional groups attached to an aromatic ring is 1. The Bertz CT molecular complexity index is 790. The molecule has 132 valence electrons. The molecule has 8 nitrogen and oxygen atoms in total. The number of ether oxygens (including phenoxy) is 1. The second-order valence-electron chi connectivity index (χ2n) is 6.76. The summed E-state index contributed by atoms with van der Waals surface area (Å²) in [5.41, 5.74) is 4.22. The minimum Gasteiger partial charge on any atom is -0.457 e. The quantitative estimate of drug-likeness (QED) is 0.584. The number of hydrogen-bond acceptors (Lipinski definition) is 6. The Hall–Kier alpha value is -2.38. The molecule has 0 saturated heterocycles. The molecule has 2 atom stereocenters. The maximum Gasteiger partial charge on any atom is 0.332 e. The zero-order chi connectivity index (χ0) is 18.2. The molecule has 1 aliphatic rings. The van der Waals surface area contributed by atoms with E-state index in [0.717, 1.165) is 11.0 Å². The second kappa shape index (κ2) is 6.62. The summed E-state index contributed by atoms with van der Waals surface area (Å²) in [7, 11) is 1.29. The lowest BCUT2D eigenvalue weighted by Crippen LogP contribution is -2.43. The highest BCUT2D eigenvalue weighted by atomic mass is 16.5. The van der Waals surface area contributed by atoms with Crippen molar-refractivity contribution in [1.82, 2.24) is 9.13 Å². The van der Waals surface area contributed by atoms with Gasteiger partial charge in [-0.2, -0.15) is 0 Å². The normalized spacial score (nSPS) is 19.4. The van der Waals surface area contributed by atoms with Gasteiger partial charge in [0.25, 0.3) is 5.56 Å². The molecule has 24 heavy (non-hydrogen) atoms. The fraction of sp³-hybridized carbons (Fsp3) is 0.625. The number of Topliss-reactive ketones (excluding diaryl/α,β-unsaturated/α-hetero) is 1. The number of rotatable bonds is 6. The van der Waals surface area contributed by atoms with Crippen LogP contribution in [0.25, 0.3) is 0 Å². The summed E-state index contributed by atoms with van der Waals surface area (Å²) in [6, 6.07) is 0. The van der Waals surface area contributed by atoms with Gasteiger partial charge in [-0.15, -0.1) is 0 Å². The third kappa shape index (κ3) is 3.42. The van der Waals surface area contributed by atoms with Gasteiger partial charge in [-0.1, -0.05) is 20.8 Å². The fourth-order valence-electron chi connectivity index (χ4n) is 2.55. The van der Waals surface area contributed by atoms with Crippen LogP contribution in [-0.4, -0.2) is 27.5 Å². The van der Waals surface area contributed by atoms with E-state index in [1.165, 1.54) is 11.6 Å². The lowest BCUT2D eigenvalue weighted by Gasteiger charge is -2.16. The largest absolute Gasteiger partial charge is 0.457 e. The van der Waals surface area contributed by atoms with Gasteiger partial charge in [-0.3, -0.25) is 23.5 Å². The summed E-state index contributed by atoms with van der Waals surface area (Å²) >= 11 is 0. The molecule has 0 spiro atoms. The van der Waals surface area contributed by atoms with Crippen LogP contribution in [0.3, 0.4) is 0 Å². The fourth-order valence-corrected chi connectivity index (χ4v) is 2.55. The van der Waals surface area contributed by atoms with E-state index in [0.29, 0.717) is 0 Å². The van der Waals surface area contributed by atoms with Gasteiger partial charge in [0.1, 0.15) is 11.4 Å². The lowest BCUT2D eigenvalue weighted by molar-refractivity contribution is -0.144. The van der Waals surface area contributed by atoms with Crippen molar-refractivity contribution in [3.8, 4) is 0 Å². The predicted molar refractivity (Wildman–Crippen MR) is 87.8 cm³/mol. The van der Waals surface area contributed by atoms with Gasteiger partial charge >= 0.3 is 11.7 Å². The third-order valence-electron chi connectivity index (χ3n) is 4.17. The van der Waals surface area contributed by atoms with E-state index in [2.05, 4.69) is 0 Å². The average molecular weight is 337 g/mol. The van der Waals surface area contributed by atoms with Gasteiger partial charge in [0.15, 0.2) is 6.61 Å². The topological polar surface area (TPSA) is 113 Å². The Morgan fingerprint density at radius 2 is 1.92 bits per heavy atom. The number of anilines is 1. The van der Waals surface area contributed by atoms with Gasteiger partial charge in [0, 0.05) is 13.6 Å². The number of nitrogens with zero attached hydrogens (tertiary/aromatic N) is 2. The predicted octanol–water partition coefficient (Wildman–Crippen LogP) is 0.167. The van der Waals surface area contributed by atoms with Crippen LogP contribution in [0.5, 0.6) is 0 Å². The van der Waals surface area contributed by atoms with Crippen molar-refractivity contribution in [3.05, 3.63) is 26.4 Å². The standard InChI is InChI=1S/C16H23N3O5/c1-8(2)6-19-13(17)12(14(21)18(4)16(19)23)11(20)7-24-15(22)10-5-9(10)3/h8-10H,5-7,17H2,1-4H3/t9-,10-/m1/s1. The van der Waals surface area contributed by atoms with Crippen LogP contribution < -0.4 is 17.0 Å². The number of esters is 1. The van der Waals surface area contributed by atoms with Crippen molar-refractivity contribution in [3.63, 3.8) is 0 Å². The minimum absolute atomic E-state index is 0.0969. The maximum atomic E-state index is 12.3. The Balaban J connectivity index is 2.29.